The summed E-state index contributed by atoms with van der Waals surface area (Å²) >= 11 is 0. The molecule has 0 spiro atoms. The Morgan fingerprint density at radius 2 is 1.76 bits per heavy atom. The van der Waals surface area contributed by atoms with Gasteiger partial charge in [0.1, 0.15) is 11.6 Å². The Bertz CT molecular complexity index is 479. The van der Waals surface area contributed by atoms with E-state index in [1.165, 1.54) is 12.0 Å². The lowest BCUT2D eigenvalue weighted by atomic mass is 10.2. The summed E-state index contributed by atoms with van der Waals surface area (Å²) in [5.41, 5.74) is 0.293. The van der Waals surface area contributed by atoms with Crippen molar-refractivity contribution in [1.82, 2.24) is 4.90 Å². The lowest BCUT2D eigenvalue weighted by Gasteiger charge is -2.30. The van der Waals surface area contributed by atoms with Crippen molar-refractivity contribution in [2.24, 2.45) is 0 Å². The highest BCUT2D eigenvalue weighted by Crippen LogP contribution is 2.15. The third-order valence-corrected chi connectivity index (χ3v) is 2.83. The van der Waals surface area contributed by atoms with Crippen molar-refractivity contribution in [3.05, 3.63) is 35.9 Å². The van der Waals surface area contributed by atoms with Crippen LogP contribution in [0.25, 0.3) is 0 Å². The van der Waals surface area contributed by atoms with Gasteiger partial charge < -0.3 is 9.47 Å². The maximum Gasteiger partial charge on any atom is 0.411 e. The molecule has 0 bridgehead atoms. The average Bonchev–Trinajstić information content (AvgIpc) is 2.42. The van der Waals surface area contributed by atoms with E-state index in [0.717, 1.165) is 5.56 Å². The van der Waals surface area contributed by atoms with Crippen LogP contribution in [0.2, 0.25) is 0 Å². The predicted molar refractivity (Wildman–Crippen MR) is 79.7 cm³/mol. The largest absolute Gasteiger partial charge is 0.467 e. The smallest absolute Gasteiger partial charge is 0.411 e. The van der Waals surface area contributed by atoms with E-state index in [1.54, 1.807) is 27.7 Å². The number of carbonyl (C=O) groups is 2. The van der Waals surface area contributed by atoms with Crippen molar-refractivity contribution in [1.29, 1.82) is 0 Å². The van der Waals surface area contributed by atoms with Crippen LogP contribution >= 0.6 is 0 Å². The van der Waals surface area contributed by atoms with Crippen LogP contribution in [0, 0.1) is 0 Å². The highest BCUT2D eigenvalue weighted by atomic mass is 16.6. The molecular weight excluding hydrogens is 270 g/mol. The number of carbonyl (C=O) groups excluding carboxylic acids is 2. The Labute approximate surface area is 125 Å². The minimum absolute atomic E-state index is 0.284. The molecule has 1 rings (SSSR count). The molecule has 0 saturated heterocycles. The molecule has 0 aliphatic carbocycles. The molecule has 0 heterocycles. The van der Waals surface area contributed by atoms with Gasteiger partial charge in [-0.3, -0.25) is 4.90 Å². The van der Waals surface area contributed by atoms with Crippen LogP contribution in [0.5, 0.6) is 0 Å². The molecule has 5 heteroatoms. The molecule has 0 radical (unpaired) electrons. The van der Waals surface area contributed by atoms with Gasteiger partial charge in [-0.15, -0.1) is 0 Å². The predicted octanol–water partition coefficient (Wildman–Crippen LogP) is 2.99. The summed E-state index contributed by atoms with van der Waals surface area (Å²) in [4.78, 5) is 25.4. The quantitative estimate of drug-likeness (QED) is 0.801. The first-order chi connectivity index (χ1) is 9.74. The lowest BCUT2D eigenvalue weighted by Crippen LogP contribution is -2.45. The zero-order valence-corrected chi connectivity index (χ0v) is 13.3. The van der Waals surface area contributed by atoms with Crippen molar-refractivity contribution in [2.45, 2.75) is 45.9 Å². The molecule has 21 heavy (non-hydrogen) atoms. The number of nitrogens with zero attached hydrogens (tertiary/aromatic N) is 1. The van der Waals surface area contributed by atoms with Gasteiger partial charge in [0.15, 0.2) is 0 Å². The average molecular weight is 293 g/mol. The van der Waals surface area contributed by atoms with E-state index < -0.39 is 23.7 Å². The number of hydrogen-bond donors (Lipinski definition) is 0. The fourth-order valence-corrected chi connectivity index (χ4v) is 1.76. The van der Waals surface area contributed by atoms with Gasteiger partial charge >= 0.3 is 12.1 Å². The summed E-state index contributed by atoms with van der Waals surface area (Å²) in [5, 5.41) is 0. The Balaban J connectivity index is 2.94. The highest BCUT2D eigenvalue weighted by molar-refractivity contribution is 5.81. The molecule has 1 unspecified atom stereocenters. The number of hydrogen-bond acceptors (Lipinski definition) is 4. The minimum Gasteiger partial charge on any atom is -0.467 e. The van der Waals surface area contributed by atoms with E-state index >= 15 is 0 Å². The Morgan fingerprint density at radius 1 is 1.19 bits per heavy atom. The van der Waals surface area contributed by atoms with Crippen molar-refractivity contribution in [3.8, 4) is 0 Å². The van der Waals surface area contributed by atoms with Gasteiger partial charge in [0.25, 0.3) is 0 Å². The third kappa shape index (κ3) is 5.45. The summed E-state index contributed by atoms with van der Waals surface area (Å²) in [7, 11) is 1.30. The second-order valence-electron chi connectivity index (χ2n) is 5.79. The molecule has 0 N–H and O–H groups in total. The number of methoxy groups -OCH3 is 1. The van der Waals surface area contributed by atoms with Crippen LogP contribution < -0.4 is 0 Å². The monoisotopic (exact) mass is 293 g/mol. The van der Waals surface area contributed by atoms with Gasteiger partial charge in [0.2, 0.25) is 0 Å². The fraction of sp³-hybridized carbons (Fsp3) is 0.500. The number of rotatable bonds is 4. The number of esters is 1. The fourth-order valence-electron chi connectivity index (χ4n) is 1.76. The second kappa shape index (κ2) is 7.11. The molecule has 1 aromatic rings. The van der Waals surface area contributed by atoms with Crippen LogP contribution in [0.1, 0.15) is 33.3 Å². The SMILES string of the molecule is COC(=O)C(C)N(Cc1ccccc1)C(=O)OC(C)(C)C. The Kier molecular flexibility index (Phi) is 5.76. The maximum absolute atomic E-state index is 12.3. The summed E-state index contributed by atoms with van der Waals surface area (Å²) in [6.45, 7) is 7.27. The highest BCUT2D eigenvalue weighted by Gasteiger charge is 2.30. The summed E-state index contributed by atoms with van der Waals surface area (Å²) in [6.07, 6.45) is -0.538. The maximum atomic E-state index is 12.3. The first-order valence-electron chi connectivity index (χ1n) is 6.86. The van der Waals surface area contributed by atoms with Crippen LogP contribution in [0.15, 0.2) is 30.3 Å². The molecule has 1 aromatic carbocycles. The topological polar surface area (TPSA) is 55.8 Å². The van der Waals surface area contributed by atoms with Crippen LogP contribution in [0.4, 0.5) is 4.79 Å². The zero-order chi connectivity index (χ0) is 16.0. The molecule has 1 atom stereocenters. The summed E-state index contributed by atoms with van der Waals surface area (Å²) in [5.74, 6) is -0.475. The number of ether oxygens (including phenoxy) is 2. The Morgan fingerprint density at radius 3 is 2.24 bits per heavy atom. The van der Waals surface area contributed by atoms with Gasteiger partial charge in [-0.1, -0.05) is 30.3 Å². The van der Waals surface area contributed by atoms with Gasteiger partial charge in [-0.25, -0.2) is 9.59 Å². The van der Waals surface area contributed by atoms with Gasteiger partial charge in [-0.2, -0.15) is 0 Å². The normalized spacial score (nSPS) is 12.4. The first-order valence-corrected chi connectivity index (χ1v) is 6.86. The van der Waals surface area contributed by atoms with E-state index in [0.29, 0.717) is 0 Å². The van der Waals surface area contributed by atoms with Crippen molar-refractivity contribution < 1.29 is 19.1 Å². The molecule has 0 fully saturated rings. The lowest BCUT2D eigenvalue weighted by molar-refractivity contribution is -0.146. The van der Waals surface area contributed by atoms with E-state index in [9.17, 15) is 9.59 Å². The van der Waals surface area contributed by atoms with Gasteiger partial charge in [-0.05, 0) is 33.3 Å². The molecule has 0 aromatic heterocycles. The molecule has 5 nitrogen and oxygen atoms in total. The molecule has 116 valence electrons. The van der Waals surface area contributed by atoms with Gasteiger partial charge in [0, 0.05) is 6.54 Å². The van der Waals surface area contributed by atoms with Crippen molar-refractivity contribution >= 4 is 12.1 Å². The Hall–Kier alpha value is -2.04. The standard InChI is InChI=1S/C16H23NO4/c1-12(14(18)20-5)17(15(19)21-16(2,3)4)11-13-9-7-6-8-10-13/h6-10,12H,11H2,1-5H3. The van der Waals surface area contributed by atoms with E-state index in [1.807, 2.05) is 30.3 Å². The molecule has 0 aliphatic heterocycles. The number of amides is 1. The zero-order valence-electron chi connectivity index (χ0n) is 13.3. The minimum atomic E-state index is -0.718. The molecule has 0 aliphatic rings. The van der Waals surface area contributed by atoms with E-state index in [2.05, 4.69) is 0 Å². The summed E-state index contributed by atoms with van der Waals surface area (Å²) in [6, 6.07) is 8.72. The van der Waals surface area contributed by atoms with E-state index in [4.69, 9.17) is 9.47 Å². The van der Waals surface area contributed by atoms with Gasteiger partial charge in [0.05, 0.1) is 7.11 Å². The van der Waals surface area contributed by atoms with Crippen molar-refractivity contribution in [3.63, 3.8) is 0 Å². The summed E-state index contributed by atoms with van der Waals surface area (Å²) < 4.78 is 10.1. The van der Waals surface area contributed by atoms with Crippen molar-refractivity contribution in [2.75, 3.05) is 7.11 Å². The van der Waals surface area contributed by atoms with Crippen LogP contribution in [0.3, 0.4) is 0 Å². The third-order valence-electron chi connectivity index (χ3n) is 2.83. The molecule has 0 saturated carbocycles. The first kappa shape index (κ1) is 17.0. The van der Waals surface area contributed by atoms with E-state index in [-0.39, 0.29) is 6.54 Å². The molecule has 1 amide bonds. The number of benzene rings is 1. The second-order valence-corrected chi connectivity index (χ2v) is 5.79. The van der Waals surface area contributed by atoms with Crippen LogP contribution in [-0.2, 0) is 20.8 Å². The van der Waals surface area contributed by atoms with Crippen LogP contribution in [-0.4, -0.2) is 35.7 Å². The molecular formula is C16H23NO4.